The summed E-state index contributed by atoms with van der Waals surface area (Å²) >= 11 is 1.71. The molecule has 24 heavy (non-hydrogen) atoms. The summed E-state index contributed by atoms with van der Waals surface area (Å²) in [5.74, 6) is 0.920. The molecule has 1 unspecified atom stereocenters. The van der Waals surface area contributed by atoms with E-state index in [-0.39, 0.29) is 24.0 Å². The average molecular weight is 465 g/mol. The lowest BCUT2D eigenvalue weighted by Gasteiger charge is -2.32. The predicted molar refractivity (Wildman–Crippen MR) is 115 cm³/mol. The van der Waals surface area contributed by atoms with Gasteiger partial charge in [0, 0.05) is 37.5 Å². The van der Waals surface area contributed by atoms with E-state index >= 15 is 0 Å². The zero-order chi connectivity index (χ0) is 16.5. The number of piperidine rings is 1. The number of thiazole rings is 1. The smallest absolute Gasteiger partial charge is 0.191 e. The Morgan fingerprint density at radius 1 is 1.42 bits per heavy atom. The van der Waals surface area contributed by atoms with E-state index in [4.69, 9.17) is 4.99 Å². The van der Waals surface area contributed by atoms with Crippen molar-refractivity contribution in [3.8, 4) is 0 Å². The number of hydrogen-bond acceptors (Lipinski definition) is 4. The van der Waals surface area contributed by atoms with Gasteiger partial charge < -0.3 is 10.6 Å². The van der Waals surface area contributed by atoms with E-state index in [1.807, 2.05) is 0 Å². The third-order valence-corrected chi connectivity index (χ3v) is 5.10. The van der Waals surface area contributed by atoms with Crippen molar-refractivity contribution >= 4 is 41.3 Å². The van der Waals surface area contributed by atoms with Gasteiger partial charge in [0.05, 0.1) is 17.2 Å². The van der Waals surface area contributed by atoms with Crippen molar-refractivity contribution in [3.05, 3.63) is 16.1 Å². The summed E-state index contributed by atoms with van der Waals surface area (Å²) < 4.78 is 0. The number of likely N-dealkylation sites (tertiary alicyclic amines) is 1. The second kappa shape index (κ2) is 12.0. The number of hydrogen-bond donors (Lipinski definition) is 2. The SMILES string of the molecule is CCNC(=NCCN1CCCCC1C)NCCc1csc(C)n1.I. The highest BCUT2D eigenvalue weighted by Gasteiger charge is 2.17. The minimum Gasteiger partial charge on any atom is -0.357 e. The van der Waals surface area contributed by atoms with Crippen molar-refractivity contribution in [2.75, 3.05) is 32.7 Å². The zero-order valence-corrected chi connectivity index (χ0v) is 18.3. The normalized spacial score (nSPS) is 19.0. The van der Waals surface area contributed by atoms with Gasteiger partial charge in [-0.25, -0.2) is 4.98 Å². The molecule has 5 nitrogen and oxygen atoms in total. The maximum absolute atomic E-state index is 4.71. The van der Waals surface area contributed by atoms with Crippen LogP contribution < -0.4 is 10.6 Å². The van der Waals surface area contributed by atoms with E-state index in [1.54, 1.807) is 11.3 Å². The van der Waals surface area contributed by atoms with Crippen molar-refractivity contribution in [2.24, 2.45) is 4.99 Å². The van der Waals surface area contributed by atoms with Crippen molar-refractivity contribution in [2.45, 2.75) is 52.5 Å². The molecule has 1 aromatic heterocycles. The Labute approximate surface area is 167 Å². The topological polar surface area (TPSA) is 52.6 Å². The molecule has 1 atom stereocenters. The summed E-state index contributed by atoms with van der Waals surface area (Å²) in [4.78, 5) is 11.8. The van der Waals surface area contributed by atoms with Crippen molar-refractivity contribution < 1.29 is 0 Å². The lowest BCUT2D eigenvalue weighted by Crippen LogP contribution is -2.41. The first-order valence-electron chi connectivity index (χ1n) is 8.86. The lowest BCUT2D eigenvalue weighted by atomic mass is 10.0. The fourth-order valence-corrected chi connectivity index (χ4v) is 3.60. The standard InChI is InChI=1S/C17H31N5S.HI/c1-4-18-17(19-9-8-16-13-23-15(3)21-16)20-10-12-22-11-6-5-7-14(22)2;/h13-14H,4-12H2,1-3H3,(H2,18,19,20);1H. The minimum atomic E-state index is 0. The minimum absolute atomic E-state index is 0. The summed E-state index contributed by atoms with van der Waals surface area (Å²) in [7, 11) is 0. The lowest BCUT2D eigenvalue weighted by molar-refractivity contribution is 0.166. The van der Waals surface area contributed by atoms with Crippen molar-refractivity contribution in [3.63, 3.8) is 0 Å². The number of nitrogens with zero attached hydrogens (tertiary/aromatic N) is 3. The van der Waals surface area contributed by atoms with Crippen LogP contribution in [0.15, 0.2) is 10.4 Å². The molecule has 0 amide bonds. The Morgan fingerprint density at radius 3 is 2.92 bits per heavy atom. The quantitative estimate of drug-likeness (QED) is 0.369. The first-order valence-corrected chi connectivity index (χ1v) is 9.74. The first-order chi connectivity index (χ1) is 11.2. The van der Waals surface area contributed by atoms with Crippen LogP contribution in [-0.4, -0.2) is 54.6 Å². The molecule has 0 bridgehead atoms. The number of guanidine groups is 1. The van der Waals surface area contributed by atoms with Gasteiger partial charge >= 0.3 is 0 Å². The third-order valence-electron chi connectivity index (χ3n) is 4.28. The Bertz CT molecular complexity index is 491. The molecule has 7 heteroatoms. The van der Waals surface area contributed by atoms with Crippen molar-refractivity contribution in [1.82, 2.24) is 20.5 Å². The molecule has 0 saturated carbocycles. The second-order valence-corrected chi connectivity index (χ2v) is 7.24. The molecule has 2 N–H and O–H groups in total. The Kier molecular flexibility index (Phi) is 10.8. The number of aliphatic imine (C=N–C) groups is 1. The van der Waals surface area contributed by atoms with Crippen LogP contribution in [0.5, 0.6) is 0 Å². The molecule has 138 valence electrons. The molecule has 1 aromatic rings. The Hall–Kier alpha value is -0.410. The Balaban J connectivity index is 0.00000288. The molecule has 1 aliphatic rings. The van der Waals surface area contributed by atoms with Crippen molar-refractivity contribution in [1.29, 1.82) is 0 Å². The molecule has 0 aromatic carbocycles. The van der Waals surface area contributed by atoms with E-state index in [2.05, 4.69) is 46.7 Å². The molecular weight excluding hydrogens is 433 g/mol. The van der Waals surface area contributed by atoms with Crippen LogP contribution in [0.25, 0.3) is 0 Å². The van der Waals surface area contributed by atoms with Crippen LogP contribution in [0.1, 0.15) is 43.8 Å². The van der Waals surface area contributed by atoms with Gasteiger partial charge in [-0.05, 0) is 40.2 Å². The molecule has 2 rings (SSSR count). The molecule has 1 saturated heterocycles. The highest BCUT2D eigenvalue weighted by Crippen LogP contribution is 2.15. The highest BCUT2D eigenvalue weighted by atomic mass is 127. The van der Waals surface area contributed by atoms with Gasteiger partial charge in [0.2, 0.25) is 0 Å². The van der Waals surface area contributed by atoms with E-state index in [0.29, 0.717) is 6.04 Å². The third kappa shape index (κ3) is 7.65. The average Bonchev–Trinajstić information content (AvgIpc) is 2.94. The summed E-state index contributed by atoms with van der Waals surface area (Å²) in [5, 5.41) is 10.0. The largest absolute Gasteiger partial charge is 0.357 e. The number of aryl methyl sites for hydroxylation is 1. The molecule has 1 aliphatic heterocycles. The van der Waals surface area contributed by atoms with Crippen LogP contribution in [0.3, 0.4) is 0 Å². The molecule has 2 heterocycles. The van der Waals surface area contributed by atoms with E-state index < -0.39 is 0 Å². The number of nitrogens with one attached hydrogen (secondary N) is 2. The monoisotopic (exact) mass is 465 g/mol. The molecule has 0 radical (unpaired) electrons. The van der Waals surface area contributed by atoms with Gasteiger partial charge in [0.25, 0.3) is 0 Å². The molecule has 0 aliphatic carbocycles. The van der Waals surface area contributed by atoms with Crippen LogP contribution in [0.2, 0.25) is 0 Å². The summed E-state index contributed by atoms with van der Waals surface area (Å²) in [5.41, 5.74) is 1.16. The number of aromatic nitrogens is 1. The van der Waals surface area contributed by atoms with E-state index in [1.165, 1.54) is 25.8 Å². The zero-order valence-electron chi connectivity index (χ0n) is 15.2. The van der Waals surface area contributed by atoms with Crippen LogP contribution in [0.4, 0.5) is 0 Å². The van der Waals surface area contributed by atoms with Crippen LogP contribution in [-0.2, 0) is 6.42 Å². The van der Waals surface area contributed by atoms with Gasteiger partial charge in [-0.1, -0.05) is 6.42 Å². The van der Waals surface area contributed by atoms with Gasteiger partial charge in [-0.15, -0.1) is 35.3 Å². The number of halogens is 1. The maximum Gasteiger partial charge on any atom is 0.191 e. The van der Waals surface area contributed by atoms with Gasteiger partial charge in [0.15, 0.2) is 5.96 Å². The molecule has 0 spiro atoms. The van der Waals surface area contributed by atoms with E-state index in [0.717, 1.165) is 49.3 Å². The maximum atomic E-state index is 4.71. The first kappa shape index (κ1) is 21.6. The second-order valence-electron chi connectivity index (χ2n) is 6.18. The summed E-state index contributed by atoms with van der Waals surface area (Å²) in [6.45, 7) is 11.4. The van der Waals surface area contributed by atoms with E-state index in [9.17, 15) is 0 Å². The summed E-state index contributed by atoms with van der Waals surface area (Å²) in [6.07, 6.45) is 4.98. The van der Waals surface area contributed by atoms with Gasteiger partial charge in [-0.3, -0.25) is 9.89 Å². The summed E-state index contributed by atoms with van der Waals surface area (Å²) in [6, 6.07) is 0.711. The fourth-order valence-electron chi connectivity index (χ4n) is 2.95. The van der Waals surface area contributed by atoms with Crippen LogP contribution in [0, 0.1) is 6.92 Å². The van der Waals surface area contributed by atoms with Gasteiger partial charge in [-0.2, -0.15) is 0 Å². The highest BCUT2D eigenvalue weighted by molar-refractivity contribution is 14.0. The Morgan fingerprint density at radius 2 is 2.25 bits per heavy atom. The molecule has 1 fully saturated rings. The number of rotatable bonds is 7. The van der Waals surface area contributed by atoms with Crippen LogP contribution >= 0.6 is 35.3 Å². The van der Waals surface area contributed by atoms with Gasteiger partial charge in [0.1, 0.15) is 0 Å². The molecular formula is C17H32IN5S. The fraction of sp³-hybridized carbons (Fsp3) is 0.765. The predicted octanol–water partition coefficient (Wildman–Crippen LogP) is 3.04.